The highest BCUT2D eigenvalue weighted by Crippen LogP contribution is 2.34. The van der Waals surface area contributed by atoms with E-state index in [0.717, 1.165) is 44.0 Å². The predicted octanol–water partition coefficient (Wildman–Crippen LogP) is 4.54. The number of fused-ring (bicyclic) bond motifs is 2. The monoisotopic (exact) mass is 411 g/mol. The summed E-state index contributed by atoms with van der Waals surface area (Å²) < 4.78 is 5.41. The molecular formula is C24H33N3O3. The van der Waals surface area contributed by atoms with Crippen LogP contribution < -0.4 is 5.32 Å². The Bertz CT molecular complexity index is 914. The minimum absolute atomic E-state index is 0.0490. The van der Waals surface area contributed by atoms with E-state index in [1.54, 1.807) is 0 Å². The number of hydrogen-bond acceptors (Lipinski definition) is 3. The lowest BCUT2D eigenvalue weighted by molar-refractivity contribution is -0.137. The molecule has 162 valence electrons. The molecule has 2 aromatic rings. The van der Waals surface area contributed by atoms with Crippen LogP contribution in [0.1, 0.15) is 64.9 Å². The number of H-pyrrole nitrogens is 1. The van der Waals surface area contributed by atoms with E-state index in [2.05, 4.69) is 39.6 Å². The molecule has 2 aliphatic rings. The van der Waals surface area contributed by atoms with Crippen molar-refractivity contribution in [2.24, 2.45) is 0 Å². The fraction of sp³-hybridized carbons (Fsp3) is 0.583. The van der Waals surface area contributed by atoms with E-state index in [4.69, 9.17) is 4.74 Å². The van der Waals surface area contributed by atoms with Crippen molar-refractivity contribution < 1.29 is 14.3 Å². The largest absolute Gasteiger partial charge is 0.444 e. The van der Waals surface area contributed by atoms with Gasteiger partial charge in [-0.3, -0.25) is 4.79 Å². The van der Waals surface area contributed by atoms with Gasteiger partial charge in [-0.2, -0.15) is 0 Å². The molecule has 2 amide bonds. The Kier molecular flexibility index (Phi) is 5.76. The minimum atomic E-state index is -0.581. The van der Waals surface area contributed by atoms with Crippen LogP contribution in [0.5, 0.6) is 0 Å². The number of hydrogen-bond donors (Lipinski definition) is 2. The molecule has 2 fully saturated rings. The van der Waals surface area contributed by atoms with Crippen molar-refractivity contribution in [3.8, 4) is 0 Å². The van der Waals surface area contributed by atoms with E-state index in [1.807, 2.05) is 26.8 Å². The SMILES string of the molecule is CC(C)(C)OC(=O)N[C@H]1CCCC[C@H]2CC[C@@H](Cc3c[nH]c4ccccc34)N2C1=O. The molecule has 1 aromatic carbocycles. The lowest BCUT2D eigenvalue weighted by Gasteiger charge is -2.36. The van der Waals surface area contributed by atoms with E-state index in [9.17, 15) is 9.59 Å². The zero-order valence-electron chi connectivity index (χ0n) is 18.2. The summed E-state index contributed by atoms with van der Waals surface area (Å²) in [6, 6.07) is 8.24. The maximum Gasteiger partial charge on any atom is 0.408 e. The summed E-state index contributed by atoms with van der Waals surface area (Å²) in [5.74, 6) is 0.0490. The first-order valence-corrected chi connectivity index (χ1v) is 11.2. The van der Waals surface area contributed by atoms with E-state index in [-0.39, 0.29) is 18.0 Å². The molecule has 2 aliphatic heterocycles. The van der Waals surface area contributed by atoms with Crippen LogP contribution in [-0.2, 0) is 16.0 Å². The molecular weight excluding hydrogens is 378 g/mol. The second-order valence-corrected chi connectivity index (χ2v) is 9.68. The summed E-state index contributed by atoms with van der Waals surface area (Å²) in [6.07, 6.45) is 8.20. The number of aromatic amines is 1. The van der Waals surface area contributed by atoms with Gasteiger partial charge >= 0.3 is 6.09 Å². The Morgan fingerprint density at radius 2 is 1.93 bits per heavy atom. The fourth-order valence-electron chi connectivity index (χ4n) is 4.97. The van der Waals surface area contributed by atoms with Crippen LogP contribution in [0.4, 0.5) is 4.79 Å². The molecule has 1 aromatic heterocycles. The number of aromatic nitrogens is 1. The molecule has 2 N–H and O–H groups in total. The van der Waals surface area contributed by atoms with Gasteiger partial charge in [-0.05, 0) is 64.5 Å². The van der Waals surface area contributed by atoms with Gasteiger partial charge < -0.3 is 19.9 Å². The molecule has 0 saturated carbocycles. The molecule has 3 atom stereocenters. The van der Waals surface area contributed by atoms with Crippen molar-refractivity contribution in [3.05, 3.63) is 36.0 Å². The highest BCUT2D eigenvalue weighted by atomic mass is 16.6. The second kappa shape index (κ2) is 8.32. The number of alkyl carbamates (subject to hydrolysis) is 1. The lowest BCUT2D eigenvalue weighted by atomic mass is 9.98. The summed E-state index contributed by atoms with van der Waals surface area (Å²) in [5, 5.41) is 4.08. The van der Waals surface area contributed by atoms with Crippen molar-refractivity contribution in [1.29, 1.82) is 0 Å². The third kappa shape index (κ3) is 4.47. The van der Waals surface area contributed by atoms with Crippen molar-refractivity contribution in [3.63, 3.8) is 0 Å². The maximum atomic E-state index is 13.5. The Morgan fingerprint density at radius 3 is 2.73 bits per heavy atom. The predicted molar refractivity (Wildman–Crippen MR) is 117 cm³/mol. The van der Waals surface area contributed by atoms with Crippen molar-refractivity contribution in [2.45, 2.75) is 89.4 Å². The first-order valence-electron chi connectivity index (χ1n) is 11.2. The zero-order valence-corrected chi connectivity index (χ0v) is 18.2. The van der Waals surface area contributed by atoms with Crippen molar-refractivity contribution >= 4 is 22.9 Å². The van der Waals surface area contributed by atoms with E-state index < -0.39 is 17.7 Å². The smallest absolute Gasteiger partial charge is 0.408 e. The summed E-state index contributed by atoms with van der Waals surface area (Å²) in [5.41, 5.74) is 1.80. The third-order valence-electron chi connectivity index (χ3n) is 6.27. The molecule has 0 bridgehead atoms. The van der Waals surface area contributed by atoms with Gasteiger partial charge in [0.05, 0.1) is 0 Å². The zero-order chi connectivity index (χ0) is 21.3. The third-order valence-corrected chi connectivity index (χ3v) is 6.27. The van der Waals surface area contributed by atoms with Crippen LogP contribution in [0.15, 0.2) is 30.5 Å². The molecule has 30 heavy (non-hydrogen) atoms. The number of para-hydroxylation sites is 1. The van der Waals surface area contributed by atoms with Gasteiger partial charge in [-0.1, -0.05) is 31.0 Å². The van der Waals surface area contributed by atoms with Gasteiger partial charge in [0.25, 0.3) is 0 Å². The van der Waals surface area contributed by atoms with Crippen LogP contribution in [0.3, 0.4) is 0 Å². The summed E-state index contributed by atoms with van der Waals surface area (Å²) >= 11 is 0. The minimum Gasteiger partial charge on any atom is -0.444 e. The standard InChI is InChI=1S/C24H33N3O3/c1-24(2,3)30-23(29)26-21-11-6-4-8-17-12-13-18(27(17)22(21)28)14-16-15-25-20-10-7-5-9-19(16)20/h5,7,9-10,15,17-18,21,25H,4,6,8,11-14H2,1-3H3,(H,26,29)/t17-,18-,21-/m0/s1. The quantitative estimate of drug-likeness (QED) is 0.779. The van der Waals surface area contributed by atoms with Gasteiger partial charge in [0.15, 0.2) is 0 Å². The number of benzene rings is 1. The molecule has 0 unspecified atom stereocenters. The van der Waals surface area contributed by atoms with Crippen LogP contribution in [-0.4, -0.2) is 45.6 Å². The first kappa shape index (κ1) is 20.8. The molecule has 6 nitrogen and oxygen atoms in total. The molecule has 0 aliphatic carbocycles. The summed E-state index contributed by atoms with van der Waals surface area (Å²) in [4.78, 5) is 31.3. The van der Waals surface area contributed by atoms with Crippen molar-refractivity contribution in [2.75, 3.05) is 0 Å². The second-order valence-electron chi connectivity index (χ2n) is 9.68. The number of ether oxygens (including phenoxy) is 1. The van der Waals surface area contributed by atoms with Crippen LogP contribution >= 0.6 is 0 Å². The number of rotatable bonds is 3. The van der Waals surface area contributed by atoms with Gasteiger partial charge in [0.1, 0.15) is 11.6 Å². The Morgan fingerprint density at radius 1 is 1.17 bits per heavy atom. The topological polar surface area (TPSA) is 74.4 Å². The van der Waals surface area contributed by atoms with Gasteiger partial charge in [-0.25, -0.2) is 4.79 Å². The van der Waals surface area contributed by atoms with E-state index in [1.165, 1.54) is 10.9 Å². The molecule has 6 heteroatoms. The highest BCUT2D eigenvalue weighted by Gasteiger charge is 2.41. The Hall–Kier alpha value is -2.50. The summed E-state index contributed by atoms with van der Waals surface area (Å²) in [6.45, 7) is 5.50. The number of nitrogens with zero attached hydrogens (tertiary/aromatic N) is 1. The fourth-order valence-corrected chi connectivity index (χ4v) is 4.97. The number of nitrogens with one attached hydrogen (secondary N) is 2. The van der Waals surface area contributed by atoms with Crippen LogP contribution in [0.25, 0.3) is 10.9 Å². The molecule has 2 saturated heterocycles. The first-order chi connectivity index (χ1) is 14.3. The number of amides is 2. The Balaban J connectivity index is 1.52. The van der Waals surface area contributed by atoms with E-state index >= 15 is 0 Å². The normalized spacial score (nSPS) is 25.0. The van der Waals surface area contributed by atoms with Gasteiger partial charge in [-0.15, -0.1) is 0 Å². The van der Waals surface area contributed by atoms with Gasteiger partial charge in [0.2, 0.25) is 5.91 Å². The molecule has 3 heterocycles. The van der Waals surface area contributed by atoms with Crippen LogP contribution in [0.2, 0.25) is 0 Å². The summed E-state index contributed by atoms with van der Waals surface area (Å²) in [7, 11) is 0. The maximum absolute atomic E-state index is 13.5. The van der Waals surface area contributed by atoms with Crippen LogP contribution in [0, 0.1) is 0 Å². The van der Waals surface area contributed by atoms with Gasteiger partial charge in [0, 0.05) is 29.2 Å². The average Bonchev–Trinajstić information content (AvgIpc) is 3.25. The highest BCUT2D eigenvalue weighted by molar-refractivity contribution is 5.87. The lowest BCUT2D eigenvalue weighted by Crippen LogP contribution is -2.54. The van der Waals surface area contributed by atoms with E-state index in [0.29, 0.717) is 6.42 Å². The Labute approximate surface area is 178 Å². The number of carbonyl (C=O) groups is 2. The molecule has 0 radical (unpaired) electrons. The molecule has 4 rings (SSSR count). The average molecular weight is 412 g/mol. The van der Waals surface area contributed by atoms with Crippen molar-refractivity contribution in [1.82, 2.24) is 15.2 Å². The number of carbonyl (C=O) groups excluding carboxylic acids is 2. The molecule has 0 spiro atoms.